The van der Waals surface area contributed by atoms with Crippen LogP contribution in [0.3, 0.4) is 0 Å². The number of rotatable bonds is 3. The van der Waals surface area contributed by atoms with E-state index in [0.29, 0.717) is 5.69 Å². The monoisotopic (exact) mass is 524 g/mol. The Hall–Kier alpha value is -1.86. The van der Waals surface area contributed by atoms with Gasteiger partial charge in [-0.25, -0.2) is 4.98 Å². The predicted molar refractivity (Wildman–Crippen MR) is 115 cm³/mol. The fourth-order valence-corrected chi connectivity index (χ4v) is 4.43. The maximum absolute atomic E-state index is 13.0. The van der Waals surface area contributed by atoms with Crippen molar-refractivity contribution in [3.8, 4) is 0 Å². The fourth-order valence-electron chi connectivity index (χ4n) is 3.90. The summed E-state index contributed by atoms with van der Waals surface area (Å²) in [7, 11) is 0. The summed E-state index contributed by atoms with van der Waals surface area (Å²) in [6.07, 6.45) is -1.29. The summed E-state index contributed by atoms with van der Waals surface area (Å²) in [4.78, 5) is 5.89. The van der Waals surface area contributed by atoms with E-state index in [2.05, 4.69) is 66.0 Å². The van der Waals surface area contributed by atoms with Gasteiger partial charge in [-0.2, -0.15) is 13.2 Å². The van der Waals surface area contributed by atoms with Crippen LogP contribution >= 0.6 is 31.9 Å². The minimum atomic E-state index is -4.44. The lowest BCUT2D eigenvalue weighted by Gasteiger charge is -2.33. The van der Waals surface area contributed by atoms with Gasteiger partial charge in [-0.15, -0.1) is 0 Å². The second-order valence-electron chi connectivity index (χ2n) is 7.02. The SMILES string of the molecule is FC(F)(F)c1ccc(N2C(c3ccc(Br)cc3)CCC2c2ccc(Br)cc2)cn1. The lowest BCUT2D eigenvalue weighted by atomic mass is 10.0. The van der Waals surface area contributed by atoms with Gasteiger partial charge in [0.15, 0.2) is 0 Å². The first kappa shape index (κ1) is 20.4. The Kier molecular flexibility index (Phi) is 5.71. The molecule has 0 bridgehead atoms. The molecular formula is C22H17Br2F3N2. The number of aromatic nitrogens is 1. The second kappa shape index (κ2) is 8.11. The molecule has 0 N–H and O–H groups in total. The van der Waals surface area contributed by atoms with E-state index in [4.69, 9.17) is 0 Å². The van der Waals surface area contributed by atoms with Crippen molar-refractivity contribution in [2.75, 3.05) is 4.90 Å². The number of halogens is 5. The van der Waals surface area contributed by atoms with E-state index in [1.807, 2.05) is 24.3 Å². The van der Waals surface area contributed by atoms with E-state index in [1.165, 1.54) is 12.3 Å². The first-order valence-corrected chi connectivity index (χ1v) is 10.7. The molecule has 7 heteroatoms. The number of hydrogen-bond donors (Lipinski definition) is 0. The van der Waals surface area contributed by atoms with Crippen LogP contribution in [0.4, 0.5) is 18.9 Å². The molecule has 29 heavy (non-hydrogen) atoms. The Morgan fingerprint density at radius 1 is 0.759 bits per heavy atom. The minimum Gasteiger partial charge on any atom is -0.356 e. The zero-order valence-electron chi connectivity index (χ0n) is 15.2. The van der Waals surface area contributed by atoms with Gasteiger partial charge < -0.3 is 4.90 Å². The number of anilines is 1. The van der Waals surface area contributed by atoms with E-state index in [1.54, 1.807) is 0 Å². The lowest BCUT2D eigenvalue weighted by molar-refractivity contribution is -0.141. The van der Waals surface area contributed by atoms with Gasteiger partial charge >= 0.3 is 6.18 Å². The lowest BCUT2D eigenvalue weighted by Crippen LogP contribution is -2.26. The average Bonchev–Trinajstić information content (AvgIpc) is 3.13. The molecule has 1 fully saturated rings. The van der Waals surface area contributed by atoms with Crippen molar-refractivity contribution in [2.45, 2.75) is 31.1 Å². The standard InChI is InChI=1S/C22H17Br2F3N2/c23-16-5-1-14(2-6-16)19-10-11-20(15-3-7-17(24)8-4-15)29(19)18-9-12-21(28-13-18)22(25,26)27/h1-9,12-13,19-20H,10-11H2. The van der Waals surface area contributed by atoms with Crippen LogP contribution < -0.4 is 4.90 Å². The Morgan fingerprint density at radius 3 is 1.62 bits per heavy atom. The van der Waals surface area contributed by atoms with Crippen LogP contribution in [0.5, 0.6) is 0 Å². The molecular weight excluding hydrogens is 509 g/mol. The zero-order valence-corrected chi connectivity index (χ0v) is 18.4. The highest BCUT2D eigenvalue weighted by Crippen LogP contribution is 2.47. The van der Waals surface area contributed by atoms with Crippen molar-refractivity contribution in [3.63, 3.8) is 0 Å². The summed E-state index contributed by atoms with van der Waals surface area (Å²) in [5, 5.41) is 0. The molecule has 0 spiro atoms. The smallest absolute Gasteiger partial charge is 0.356 e. The van der Waals surface area contributed by atoms with Gasteiger partial charge in [0, 0.05) is 8.95 Å². The predicted octanol–water partition coefficient (Wildman–Crippen LogP) is 7.71. The topological polar surface area (TPSA) is 16.1 Å². The molecule has 1 aliphatic heterocycles. The molecule has 2 nitrogen and oxygen atoms in total. The first-order valence-electron chi connectivity index (χ1n) is 9.15. The van der Waals surface area contributed by atoms with Gasteiger partial charge in [0.1, 0.15) is 5.69 Å². The van der Waals surface area contributed by atoms with Gasteiger partial charge in [-0.05, 0) is 60.4 Å². The Labute approximate surface area is 184 Å². The molecule has 1 saturated heterocycles. The maximum Gasteiger partial charge on any atom is 0.433 e. The summed E-state index contributed by atoms with van der Waals surface area (Å²) in [5.41, 5.74) is 2.08. The van der Waals surface area contributed by atoms with E-state index in [-0.39, 0.29) is 12.1 Å². The molecule has 0 amide bonds. The number of alkyl halides is 3. The van der Waals surface area contributed by atoms with Crippen LogP contribution in [-0.2, 0) is 6.18 Å². The summed E-state index contributed by atoms with van der Waals surface area (Å²) in [6, 6.07) is 18.9. The Bertz CT molecular complexity index is 917. The van der Waals surface area contributed by atoms with Crippen LogP contribution in [0.1, 0.15) is 41.7 Å². The van der Waals surface area contributed by atoms with Crippen molar-refractivity contribution >= 4 is 37.5 Å². The number of benzene rings is 2. The third-order valence-corrected chi connectivity index (χ3v) is 6.29. The van der Waals surface area contributed by atoms with Gasteiger partial charge in [0.05, 0.1) is 24.0 Å². The van der Waals surface area contributed by atoms with E-state index in [9.17, 15) is 13.2 Å². The molecule has 4 rings (SSSR count). The summed E-state index contributed by atoms with van der Waals surface area (Å²) in [6.45, 7) is 0. The van der Waals surface area contributed by atoms with Gasteiger partial charge in [0.2, 0.25) is 0 Å². The molecule has 3 aromatic rings. The molecule has 0 aliphatic carbocycles. The van der Waals surface area contributed by atoms with Crippen LogP contribution in [0, 0.1) is 0 Å². The Morgan fingerprint density at radius 2 is 1.24 bits per heavy atom. The van der Waals surface area contributed by atoms with Crippen LogP contribution in [0.25, 0.3) is 0 Å². The molecule has 1 aromatic heterocycles. The third kappa shape index (κ3) is 4.36. The maximum atomic E-state index is 13.0. The van der Waals surface area contributed by atoms with Crippen molar-refractivity contribution in [2.24, 2.45) is 0 Å². The minimum absolute atomic E-state index is 0.0651. The molecule has 0 radical (unpaired) electrons. The van der Waals surface area contributed by atoms with Gasteiger partial charge in [0.25, 0.3) is 0 Å². The summed E-state index contributed by atoms with van der Waals surface area (Å²) < 4.78 is 40.9. The van der Waals surface area contributed by atoms with Crippen LogP contribution in [-0.4, -0.2) is 4.98 Å². The molecule has 150 valence electrons. The van der Waals surface area contributed by atoms with Crippen molar-refractivity contribution in [1.82, 2.24) is 4.98 Å². The van der Waals surface area contributed by atoms with Gasteiger partial charge in [-0.3, -0.25) is 0 Å². The van der Waals surface area contributed by atoms with Crippen LogP contribution in [0.15, 0.2) is 75.8 Å². The summed E-state index contributed by atoms with van der Waals surface area (Å²) >= 11 is 6.92. The highest BCUT2D eigenvalue weighted by molar-refractivity contribution is 9.10. The van der Waals surface area contributed by atoms with Crippen molar-refractivity contribution in [1.29, 1.82) is 0 Å². The van der Waals surface area contributed by atoms with Crippen molar-refractivity contribution in [3.05, 3.63) is 92.6 Å². The first-order chi connectivity index (χ1) is 13.8. The third-order valence-electron chi connectivity index (χ3n) is 5.23. The van der Waals surface area contributed by atoms with E-state index in [0.717, 1.165) is 39.0 Å². The number of pyridine rings is 1. The molecule has 0 saturated carbocycles. The van der Waals surface area contributed by atoms with E-state index >= 15 is 0 Å². The zero-order chi connectivity index (χ0) is 20.6. The molecule has 1 aliphatic rings. The van der Waals surface area contributed by atoms with E-state index < -0.39 is 11.9 Å². The molecule has 2 heterocycles. The second-order valence-corrected chi connectivity index (χ2v) is 8.85. The summed E-state index contributed by atoms with van der Waals surface area (Å²) in [5.74, 6) is 0. The van der Waals surface area contributed by atoms with Gasteiger partial charge in [-0.1, -0.05) is 56.1 Å². The normalized spacial score (nSPS) is 19.6. The molecule has 2 unspecified atom stereocenters. The molecule has 2 aromatic carbocycles. The number of hydrogen-bond acceptors (Lipinski definition) is 2. The quantitative estimate of drug-likeness (QED) is 0.348. The number of nitrogens with zero attached hydrogens (tertiary/aromatic N) is 2. The highest BCUT2D eigenvalue weighted by Gasteiger charge is 2.37. The fraction of sp³-hybridized carbons (Fsp3) is 0.227. The largest absolute Gasteiger partial charge is 0.433 e. The Balaban J connectivity index is 1.74. The van der Waals surface area contributed by atoms with Crippen LogP contribution in [0.2, 0.25) is 0 Å². The highest BCUT2D eigenvalue weighted by atomic mass is 79.9. The average molecular weight is 526 g/mol. The van der Waals surface area contributed by atoms with Crippen molar-refractivity contribution < 1.29 is 13.2 Å². The molecule has 2 atom stereocenters.